The van der Waals surface area contributed by atoms with E-state index in [-0.39, 0.29) is 5.91 Å². The SMILES string of the molecule is CCOc1ccc(C(=O)N(C)Cc2cc(C)on2)cc1. The van der Waals surface area contributed by atoms with Crippen LogP contribution < -0.4 is 4.74 Å². The number of aromatic nitrogens is 1. The molecule has 0 radical (unpaired) electrons. The van der Waals surface area contributed by atoms with Gasteiger partial charge in [0.15, 0.2) is 0 Å². The smallest absolute Gasteiger partial charge is 0.253 e. The Morgan fingerprint density at radius 1 is 1.35 bits per heavy atom. The van der Waals surface area contributed by atoms with Crippen LogP contribution >= 0.6 is 0 Å². The Kier molecular flexibility index (Phi) is 4.40. The Balaban J connectivity index is 2.02. The summed E-state index contributed by atoms with van der Waals surface area (Å²) in [5, 5.41) is 3.88. The van der Waals surface area contributed by atoms with Crippen molar-refractivity contribution in [1.82, 2.24) is 10.1 Å². The van der Waals surface area contributed by atoms with Crippen LogP contribution in [0, 0.1) is 6.92 Å². The molecule has 0 spiro atoms. The van der Waals surface area contributed by atoms with Gasteiger partial charge < -0.3 is 14.2 Å². The Morgan fingerprint density at radius 2 is 2.05 bits per heavy atom. The molecule has 0 unspecified atom stereocenters. The molecule has 5 nitrogen and oxygen atoms in total. The van der Waals surface area contributed by atoms with Gasteiger partial charge >= 0.3 is 0 Å². The van der Waals surface area contributed by atoms with Crippen LogP contribution in [-0.4, -0.2) is 29.6 Å². The van der Waals surface area contributed by atoms with E-state index >= 15 is 0 Å². The van der Waals surface area contributed by atoms with Crippen LogP contribution in [-0.2, 0) is 6.54 Å². The average Bonchev–Trinajstić information content (AvgIpc) is 2.84. The molecule has 2 aromatic rings. The average molecular weight is 274 g/mol. The number of aryl methyl sites for hydroxylation is 1. The number of hydrogen-bond donors (Lipinski definition) is 0. The minimum absolute atomic E-state index is 0.0614. The number of rotatable bonds is 5. The zero-order valence-corrected chi connectivity index (χ0v) is 11.9. The predicted octanol–water partition coefficient (Wildman–Crippen LogP) is 2.65. The third-order valence-electron chi connectivity index (χ3n) is 2.83. The Hall–Kier alpha value is -2.30. The lowest BCUT2D eigenvalue weighted by atomic mass is 10.2. The third-order valence-corrected chi connectivity index (χ3v) is 2.83. The van der Waals surface area contributed by atoms with Gasteiger partial charge in [-0.3, -0.25) is 4.79 Å². The Labute approximate surface area is 118 Å². The lowest BCUT2D eigenvalue weighted by molar-refractivity contribution is 0.0782. The van der Waals surface area contributed by atoms with E-state index < -0.39 is 0 Å². The van der Waals surface area contributed by atoms with Gasteiger partial charge in [0, 0.05) is 18.7 Å². The van der Waals surface area contributed by atoms with Gasteiger partial charge in [-0.2, -0.15) is 0 Å². The molecule has 1 aromatic heterocycles. The monoisotopic (exact) mass is 274 g/mol. The second-order valence-electron chi connectivity index (χ2n) is 4.55. The van der Waals surface area contributed by atoms with Gasteiger partial charge in [0.2, 0.25) is 0 Å². The molecule has 0 bridgehead atoms. The summed E-state index contributed by atoms with van der Waals surface area (Å²) in [4.78, 5) is 13.9. The van der Waals surface area contributed by atoms with Crippen molar-refractivity contribution in [2.45, 2.75) is 20.4 Å². The Bertz CT molecular complexity index is 575. The highest BCUT2D eigenvalue weighted by Gasteiger charge is 2.13. The predicted molar refractivity (Wildman–Crippen MR) is 74.6 cm³/mol. The maximum atomic E-state index is 12.3. The van der Waals surface area contributed by atoms with Crippen molar-refractivity contribution in [2.75, 3.05) is 13.7 Å². The zero-order valence-electron chi connectivity index (χ0n) is 11.9. The molecule has 1 amide bonds. The van der Waals surface area contributed by atoms with Crippen molar-refractivity contribution < 1.29 is 14.1 Å². The maximum absolute atomic E-state index is 12.3. The Morgan fingerprint density at radius 3 is 2.60 bits per heavy atom. The van der Waals surface area contributed by atoms with E-state index in [1.807, 2.05) is 19.9 Å². The molecule has 0 saturated heterocycles. The molecule has 5 heteroatoms. The molecule has 1 heterocycles. The van der Waals surface area contributed by atoms with Crippen LogP contribution in [0.25, 0.3) is 0 Å². The van der Waals surface area contributed by atoms with Crippen molar-refractivity contribution in [2.24, 2.45) is 0 Å². The van der Waals surface area contributed by atoms with E-state index in [2.05, 4.69) is 5.16 Å². The zero-order chi connectivity index (χ0) is 14.5. The van der Waals surface area contributed by atoms with Gasteiger partial charge in [-0.25, -0.2) is 0 Å². The fourth-order valence-electron chi connectivity index (χ4n) is 1.89. The van der Waals surface area contributed by atoms with E-state index in [0.717, 1.165) is 17.2 Å². The highest BCUT2D eigenvalue weighted by Crippen LogP contribution is 2.14. The van der Waals surface area contributed by atoms with Crippen LogP contribution in [0.1, 0.15) is 28.7 Å². The number of hydrogen-bond acceptors (Lipinski definition) is 4. The van der Waals surface area contributed by atoms with Crippen LogP contribution in [0.4, 0.5) is 0 Å². The minimum atomic E-state index is -0.0614. The van der Waals surface area contributed by atoms with E-state index in [1.54, 1.807) is 36.2 Å². The lowest BCUT2D eigenvalue weighted by Gasteiger charge is -2.15. The minimum Gasteiger partial charge on any atom is -0.494 e. The van der Waals surface area contributed by atoms with E-state index in [0.29, 0.717) is 18.7 Å². The molecule has 0 fully saturated rings. The molecular formula is C15H18N2O3. The fourth-order valence-corrected chi connectivity index (χ4v) is 1.89. The molecule has 0 aliphatic heterocycles. The van der Waals surface area contributed by atoms with Gasteiger partial charge in [0.05, 0.1) is 13.2 Å². The first-order chi connectivity index (χ1) is 9.60. The molecule has 0 atom stereocenters. The third kappa shape index (κ3) is 3.38. The molecule has 1 aromatic carbocycles. The van der Waals surface area contributed by atoms with Crippen LogP contribution in [0.2, 0.25) is 0 Å². The second-order valence-corrected chi connectivity index (χ2v) is 4.55. The van der Waals surface area contributed by atoms with Crippen LogP contribution in [0.3, 0.4) is 0 Å². The fraction of sp³-hybridized carbons (Fsp3) is 0.333. The summed E-state index contributed by atoms with van der Waals surface area (Å²) in [6.45, 7) is 4.78. The molecular weight excluding hydrogens is 256 g/mol. The highest BCUT2D eigenvalue weighted by molar-refractivity contribution is 5.94. The van der Waals surface area contributed by atoms with Crippen molar-refractivity contribution in [3.63, 3.8) is 0 Å². The summed E-state index contributed by atoms with van der Waals surface area (Å²) in [6.07, 6.45) is 0. The number of ether oxygens (including phenoxy) is 1. The van der Waals surface area contributed by atoms with Gasteiger partial charge in [0.25, 0.3) is 5.91 Å². The quantitative estimate of drug-likeness (QED) is 0.841. The summed E-state index contributed by atoms with van der Waals surface area (Å²) in [5.74, 6) is 1.44. The summed E-state index contributed by atoms with van der Waals surface area (Å²) < 4.78 is 10.3. The van der Waals surface area contributed by atoms with Crippen molar-refractivity contribution in [3.05, 3.63) is 47.3 Å². The lowest BCUT2D eigenvalue weighted by Crippen LogP contribution is -2.26. The van der Waals surface area contributed by atoms with E-state index in [9.17, 15) is 4.79 Å². The standard InChI is InChI=1S/C15H18N2O3/c1-4-19-14-7-5-12(6-8-14)15(18)17(3)10-13-9-11(2)20-16-13/h5-9H,4,10H2,1-3H3. The number of nitrogens with zero attached hydrogens (tertiary/aromatic N) is 2. The molecule has 0 N–H and O–H groups in total. The molecule has 20 heavy (non-hydrogen) atoms. The first-order valence-electron chi connectivity index (χ1n) is 6.50. The largest absolute Gasteiger partial charge is 0.494 e. The summed E-state index contributed by atoms with van der Waals surface area (Å²) in [5.41, 5.74) is 1.36. The van der Waals surface area contributed by atoms with Crippen molar-refractivity contribution >= 4 is 5.91 Å². The van der Waals surface area contributed by atoms with Gasteiger partial charge in [-0.1, -0.05) is 5.16 Å². The molecule has 0 aliphatic carbocycles. The van der Waals surface area contributed by atoms with E-state index in [4.69, 9.17) is 9.26 Å². The summed E-state index contributed by atoms with van der Waals surface area (Å²) in [7, 11) is 1.74. The molecule has 2 rings (SSSR count). The second kappa shape index (κ2) is 6.23. The number of carbonyl (C=O) groups excluding carboxylic acids is 1. The van der Waals surface area contributed by atoms with Gasteiger partial charge in [-0.15, -0.1) is 0 Å². The molecule has 0 saturated carbocycles. The molecule has 0 aliphatic rings. The van der Waals surface area contributed by atoms with Crippen molar-refractivity contribution in [1.29, 1.82) is 0 Å². The molecule has 106 valence electrons. The first-order valence-corrected chi connectivity index (χ1v) is 6.50. The van der Waals surface area contributed by atoms with Crippen molar-refractivity contribution in [3.8, 4) is 5.75 Å². The van der Waals surface area contributed by atoms with Crippen LogP contribution in [0.15, 0.2) is 34.9 Å². The summed E-state index contributed by atoms with van der Waals surface area (Å²) >= 11 is 0. The normalized spacial score (nSPS) is 10.3. The van der Waals surface area contributed by atoms with Gasteiger partial charge in [-0.05, 0) is 38.1 Å². The number of benzene rings is 1. The number of carbonyl (C=O) groups is 1. The topological polar surface area (TPSA) is 55.6 Å². The number of amides is 1. The summed E-state index contributed by atoms with van der Waals surface area (Å²) in [6, 6.07) is 8.94. The van der Waals surface area contributed by atoms with Gasteiger partial charge in [0.1, 0.15) is 17.2 Å². The first kappa shape index (κ1) is 14.1. The van der Waals surface area contributed by atoms with Crippen LogP contribution in [0.5, 0.6) is 5.75 Å². The van der Waals surface area contributed by atoms with E-state index in [1.165, 1.54) is 0 Å². The maximum Gasteiger partial charge on any atom is 0.253 e. The highest BCUT2D eigenvalue weighted by atomic mass is 16.5.